The van der Waals surface area contributed by atoms with Crippen molar-refractivity contribution < 1.29 is 18.4 Å². The Morgan fingerprint density at radius 1 is 1.32 bits per heavy atom. The van der Waals surface area contributed by atoms with Gasteiger partial charge in [0, 0.05) is 17.6 Å². The molecule has 0 bridgehead atoms. The Labute approximate surface area is 134 Å². The number of primary amides is 1. The number of carbonyl (C=O) groups excluding carboxylic acids is 2. The zero-order valence-electron chi connectivity index (χ0n) is 11.4. The molecule has 116 valence electrons. The largest absolute Gasteiger partial charge is 0.459 e. The Hall–Kier alpha value is -2.35. The molecule has 1 aromatic carbocycles. The van der Waals surface area contributed by atoms with E-state index in [1.807, 2.05) is 0 Å². The maximum atomic E-state index is 13.7. The van der Waals surface area contributed by atoms with Crippen LogP contribution < -0.4 is 16.4 Å². The predicted molar refractivity (Wildman–Crippen MR) is 82.1 cm³/mol. The van der Waals surface area contributed by atoms with Crippen LogP contribution in [0.4, 0.5) is 10.1 Å². The number of hydrogen-bond donors (Lipinski definition) is 3. The van der Waals surface area contributed by atoms with Crippen molar-refractivity contribution >= 4 is 33.4 Å². The number of halogens is 2. The normalized spacial score (nSPS) is 10.3. The quantitative estimate of drug-likeness (QED) is 0.679. The molecule has 0 radical (unpaired) electrons. The van der Waals surface area contributed by atoms with Crippen LogP contribution in [0.2, 0.25) is 0 Å². The molecule has 1 aromatic heterocycles. The summed E-state index contributed by atoms with van der Waals surface area (Å²) in [7, 11) is 0. The molecule has 4 N–H and O–H groups in total. The van der Waals surface area contributed by atoms with E-state index in [1.54, 1.807) is 6.07 Å². The molecule has 2 aromatic rings. The van der Waals surface area contributed by atoms with Crippen LogP contribution in [0.1, 0.15) is 20.9 Å². The summed E-state index contributed by atoms with van der Waals surface area (Å²) in [6.07, 6.45) is 1.40. The molecular weight excluding hydrogens is 357 g/mol. The van der Waals surface area contributed by atoms with E-state index in [1.165, 1.54) is 18.4 Å². The fraction of sp³-hybridized carbons (Fsp3) is 0.143. The summed E-state index contributed by atoms with van der Waals surface area (Å²) in [5.74, 6) is -1.75. The molecule has 0 unspecified atom stereocenters. The van der Waals surface area contributed by atoms with Crippen molar-refractivity contribution in [2.45, 2.75) is 0 Å². The van der Waals surface area contributed by atoms with Gasteiger partial charge < -0.3 is 20.8 Å². The zero-order chi connectivity index (χ0) is 16.1. The minimum atomic E-state index is -0.868. The minimum Gasteiger partial charge on any atom is -0.459 e. The Balaban J connectivity index is 1.94. The van der Waals surface area contributed by atoms with E-state index in [9.17, 15) is 14.0 Å². The van der Waals surface area contributed by atoms with Gasteiger partial charge in [-0.2, -0.15) is 0 Å². The molecule has 0 spiro atoms. The molecule has 8 heteroatoms. The first-order valence-corrected chi connectivity index (χ1v) is 7.12. The van der Waals surface area contributed by atoms with Gasteiger partial charge in [0.2, 0.25) is 0 Å². The fourth-order valence-corrected chi connectivity index (χ4v) is 2.26. The Kier molecular flexibility index (Phi) is 5.16. The maximum absolute atomic E-state index is 13.7. The van der Waals surface area contributed by atoms with Crippen LogP contribution in [0.5, 0.6) is 0 Å². The molecule has 0 aliphatic carbocycles. The maximum Gasteiger partial charge on any atom is 0.287 e. The standard InChI is InChI=1S/C14H13BrFN3O3/c15-8-6-9(16)12(13(17)20)10(7-8)18-3-4-19-14(21)11-2-1-5-22-11/h1-2,5-7,18H,3-4H2,(H2,17,20)(H,19,21). The number of hydrogen-bond acceptors (Lipinski definition) is 4. The first-order chi connectivity index (χ1) is 10.5. The summed E-state index contributed by atoms with van der Waals surface area (Å²) >= 11 is 3.14. The Bertz CT molecular complexity index is 689. The average molecular weight is 370 g/mol. The van der Waals surface area contributed by atoms with Crippen molar-refractivity contribution in [1.29, 1.82) is 0 Å². The van der Waals surface area contributed by atoms with Gasteiger partial charge in [-0.1, -0.05) is 15.9 Å². The number of anilines is 1. The minimum absolute atomic E-state index is 0.200. The molecule has 0 aliphatic rings. The second-order valence-electron chi connectivity index (χ2n) is 4.33. The van der Waals surface area contributed by atoms with Gasteiger partial charge in [-0.15, -0.1) is 0 Å². The zero-order valence-corrected chi connectivity index (χ0v) is 12.9. The molecule has 0 saturated heterocycles. The number of carbonyl (C=O) groups is 2. The van der Waals surface area contributed by atoms with Crippen LogP contribution in [0.3, 0.4) is 0 Å². The van der Waals surface area contributed by atoms with Crippen LogP contribution >= 0.6 is 15.9 Å². The van der Waals surface area contributed by atoms with Gasteiger partial charge in [0.05, 0.1) is 17.5 Å². The number of rotatable bonds is 6. The second-order valence-corrected chi connectivity index (χ2v) is 5.25. The van der Waals surface area contributed by atoms with Gasteiger partial charge in [0.1, 0.15) is 5.82 Å². The van der Waals surface area contributed by atoms with Crippen LogP contribution in [0.25, 0.3) is 0 Å². The van der Waals surface area contributed by atoms with Gasteiger partial charge in [-0.25, -0.2) is 4.39 Å². The molecule has 6 nitrogen and oxygen atoms in total. The SMILES string of the molecule is NC(=O)c1c(F)cc(Br)cc1NCCNC(=O)c1ccco1. The van der Waals surface area contributed by atoms with E-state index in [4.69, 9.17) is 10.2 Å². The van der Waals surface area contributed by atoms with Crippen LogP contribution in [-0.4, -0.2) is 24.9 Å². The Morgan fingerprint density at radius 3 is 2.73 bits per heavy atom. The summed E-state index contributed by atoms with van der Waals surface area (Å²) in [4.78, 5) is 22.9. The molecule has 0 atom stereocenters. The topological polar surface area (TPSA) is 97.4 Å². The van der Waals surface area contributed by atoms with Crippen molar-refractivity contribution in [3.05, 3.63) is 52.1 Å². The van der Waals surface area contributed by atoms with Crippen molar-refractivity contribution in [2.24, 2.45) is 5.73 Å². The highest BCUT2D eigenvalue weighted by molar-refractivity contribution is 9.10. The average Bonchev–Trinajstić information content (AvgIpc) is 2.96. The molecule has 0 fully saturated rings. The van der Waals surface area contributed by atoms with Crippen LogP contribution in [-0.2, 0) is 0 Å². The van der Waals surface area contributed by atoms with Crippen molar-refractivity contribution in [3.63, 3.8) is 0 Å². The first kappa shape index (κ1) is 16.0. The molecular formula is C14H13BrFN3O3. The third-order valence-corrected chi connectivity index (χ3v) is 3.23. The smallest absolute Gasteiger partial charge is 0.287 e. The second kappa shape index (κ2) is 7.08. The lowest BCUT2D eigenvalue weighted by Crippen LogP contribution is -2.29. The van der Waals surface area contributed by atoms with Crippen molar-refractivity contribution in [1.82, 2.24) is 5.32 Å². The number of amides is 2. The van der Waals surface area contributed by atoms with E-state index in [2.05, 4.69) is 26.6 Å². The Morgan fingerprint density at radius 2 is 2.09 bits per heavy atom. The van der Waals surface area contributed by atoms with Crippen LogP contribution in [0, 0.1) is 5.82 Å². The summed E-state index contributed by atoms with van der Waals surface area (Å²) in [5.41, 5.74) is 5.20. The highest BCUT2D eigenvalue weighted by atomic mass is 79.9. The van der Waals surface area contributed by atoms with Gasteiger partial charge in [-0.05, 0) is 24.3 Å². The lowest BCUT2D eigenvalue weighted by molar-refractivity contribution is 0.0926. The number of nitrogens with one attached hydrogen (secondary N) is 2. The van der Waals surface area contributed by atoms with E-state index in [0.717, 1.165) is 6.07 Å². The van der Waals surface area contributed by atoms with E-state index >= 15 is 0 Å². The highest BCUT2D eigenvalue weighted by Gasteiger charge is 2.15. The molecule has 0 saturated carbocycles. The first-order valence-electron chi connectivity index (χ1n) is 6.33. The highest BCUT2D eigenvalue weighted by Crippen LogP contribution is 2.24. The number of nitrogens with two attached hydrogens (primary N) is 1. The molecule has 22 heavy (non-hydrogen) atoms. The fourth-order valence-electron chi connectivity index (χ4n) is 1.83. The summed E-state index contributed by atoms with van der Waals surface area (Å²) < 4.78 is 19.1. The number of furan rings is 1. The van der Waals surface area contributed by atoms with Crippen LogP contribution in [0.15, 0.2) is 39.4 Å². The van der Waals surface area contributed by atoms with Gasteiger partial charge >= 0.3 is 0 Å². The monoisotopic (exact) mass is 369 g/mol. The third-order valence-electron chi connectivity index (χ3n) is 2.77. The molecule has 1 heterocycles. The summed E-state index contributed by atoms with van der Waals surface area (Å²) in [5, 5.41) is 5.48. The molecule has 2 rings (SSSR count). The van der Waals surface area contributed by atoms with Gasteiger partial charge in [0.25, 0.3) is 11.8 Å². The lowest BCUT2D eigenvalue weighted by Gasteiger charge is -2.12. The van der Waals surface area contributed by atoms with Gasteiger partial charge in [0.15, 0.2) is 5.76 Å². The van der Waals surface area contributed by atoms with E-state index in [0.29, 0.717) is 4.47 Å². The summed E-state index contributed by atoms with van der Waals surface area (Å²) in [6.45, 7) is 0.536. The molecule has 0 aliphatic heterocycles. The molecule has 2 amide bonds. The van der Waals surface area contributed by atoms with E-state index < -0.39 is 11.7 Å². The predicted octanol–water partition coefficient (Wildman–Crippen LogP) is 2.12. The lowest BCUT2D eigenvalue weighted by atomic mass is 10.1. The van der Waals surface area contributed by atoms with Crippen molar-refractivity contribution in [3.8, 4) is 0 Å². The number of benzene rings is 1. The summed E-state index contributed by atoms with van der Waals surface area (Å²) in [6, 6.07) is 5.84. The van der Waals surface area contributed by atoms with Gasteiger partial charge in [-0.3, -0.25) is 9.59 Å². The van der Waals surface area contributed by atoms with Crippen molar-refractivity contribution in [2.75, 3.05) is 18.4 Å². The third kappa shape index (κ3) is 3.85. The van der Waals surface area contributed by atoms with E-state index in [-0.39, 0.29) is 36.0 Å².